The SMILES string of the molecule is C1COCCN1.CC[C@@H]1CCNC1. The molecule has 0 aromatic carbocycles. The first-order chi connectivity index (χ1) is 6.43. The molecule has 0 aromatic heterocycles. The van der Waals surface area contributed by atoms with E-state index in [1.807, 2.05) is 0 Å². The first kappa shape index (κ1) is 11.0. The summed E-state index contributed by atoms with van der Waals surface area (Å²) in [6.07, 6.45) is 2.75. The average Bonchev–Trinajstić information content (AvgIpc) is 2.74. The summed E-state index contributed by atoms with van der Waals surface area (Å²) in [6.45, 7) is 8.60. The van der Waals surface area contributed by atoms with Crippen molar-refractivity contribution in [3.8, 4) is 0 Å². The van der Waals surface area contributed by atoms with E-state index in [2.05, 4.69) is 17.6 Å². The van der Waals surface area contributed by atoms with Gasteiger partial charge in [0.15, 0.2) is 0 Å². The molecular weight excluding hydrogens is 164 g/mol. The van der Waals surface area contributed by atoms with Crippen LogP contribution in [0.3, 0.4) is 0 Å². The second-order valence-corrected chi connectivity index (χ2v) is 3.63. The third kappa shape index (κ3) is 5.24. The molecule has 0 radical (unpaired) electrons. The molecule has 0 saturated carbocycles. The molecule has 1 atom stereocenters. The van der Waals surface area contributed by atoms with E-state index in [1.54, 1.807) is 0 Å². The van der Waals surface area contributed by atoms with Gasteiger partial charge in [0.2, 0.25) is 0 Å². The number of rotatable bonds is 1. The third-order valence-electron chi connectivity index (χ3n) is 2.59. The Morgan fingerprint density at radius 2 is 1.92 bits per heavy atom. The zero-order valence-electron chi connectivity index (χ0n) is 8.64. The van der Waals surface area contributed by atoms with Crippen molar-refractivity contribution in [3.05, 3.63) is 0 Å². The van der Waals surface area contributed by atoms with E-state index in [-0.39, 0.29) is 0 Å². The zero-order valence-corrected chi connectivity index (χ0v) is 8.64. The molecule has 2 N–H and O–H groups in total. The second-order valence-electron chi connectivity index (χ2n) is 3.63. The summed E-state index contributed by atoms with van der Waals surface area (Å²) in [7, 11) is 0. The molecule has 3 heteroatoms. The summed E-state index contributed by atoms with van der Waals surface area (Å²) >= 11 is 0. The molecule has 78 valence electrons. The van der Waals surface area contributed by atoms with Crippen LogP contribution < -0.4 is 10.6 Å². The average molecular weight is 186 g/mol. The van der Waals surface area contributed by atoms with Crippen LogP contribution >= 0.6 is 0 Å². The van der Waals surface area contributed by atoms with Crippen molar-refractivity contribution in [2.45, 2.75) is 19.8 Å². The normalized spacial score (nSPS) is 27.9. The quantitative estimate of drug-likeness (QED) is 0.629. The Morgan fingerprint density at radius 1 is 1.15 bits per heavy atom. The molecule has 0 unspecified atom stereocenters. The minimum atomic E-state index is 0.889. The maximum absolute atomic E-state index is 5.01. The van der Waals surface area contributed by atoms with E-state index >= 15 is 0 Å². The van der Waals surface area contributed by atoms with Gasteiger partial charge in [0.05, 0.1) is 13.2 Å². The van der Waals surface area contributed by atoms with Crippen LogP contribution in [0, 0.1) is 5.92 Å². The molecule has 2 aliphatic heterocycles. The Morgan fingerprint density at radius 3 is 2.15 bits per heavy atom. The van der Waals surface area contributed by atoms with E-state index in [4.69, 9.17) is 4.74 Å². The monoisotopic (exact) mass is 186 g/mol. The molecule has 2 fully saturated rings. The lowest BCUT2D eigenvalue weighted by Gasteiger charge is -2.10. The van der Waals surface area contributed by atoms with Crippen LogP contribution in [0.25, 0.3) is 0 Å². The van der Waals surface area contributed by atoms with Crippen molar-refractivity contribution in [2.75, 3.05) is 39.4 Å². The Bertz CT molecular complexity index is 98.0. The van der Waals surface area contributed by atoms with Gasteiger partial charge in [0, 0.05) is 13.1 Å². The van der Waals surface area contributed by atoms with E-state index in [1.165, 1.54) is 25.9 Å². The van der Waals surface area contributed by atoms with Gasteiger partial charge in [-0.05, 0) is 25.4 Å². The largest absolute Gasteiger partial charge is 0.379 e. The Hall–Kier alpha value is -0.120. The van der Waals surface area contributed by atoms with Crippen molar-refractivity contribution in [3.63, 3.8) is 0 Å². The molecule has 0 aliphatic carbocycles. The Kier molecular flexibility index (Phi) is 6.15. The van der Waals surface area contributed by atoms with Crippen LogP contribution in [0.2, 0.25) is 0 Å². The number of hydrogen-bond acceptors (Lipinski definition) is 3. The number of morpholine rings is 1. The minimum Gasteiger partial charge on any atom is -0.379 e. The molecule has 0 spiro atoms. The van der Waals surface area contributed by atoms with Gasteiger partial charge in [-0.15, -0.1) is 0 Å². The summed E-state index contributed by atoms with van der Waals surface area (Å²) in [5, 5.41) is 6.48. The van der Waals surface area contributed by atoms with E-state index < -0.39 is 0 Å². The van der Waals surface area contributed by atoms with Crippen LogP contribution in [0.5, 0.6) is 0 Å². The fraction of sp³-hybridized carbons (Fsp3) is 1.00. The molecule has 3 nitrogen and oxygen atoms in total. The van der Waals surface area contributed by atoms with Gasteiger partial charge in [-0.25, -0.2) is 0 Å². The van der Waals surface area contributed by atoms with Gasteiger partial charge in [-0.1, -0.05) is 13.3 Å². The van der Waals surface area contributed by atoms with Gasteiger partial charge in [-0.2, -0.15) is 0 Å². The Balaban J connectivity index is 0.000000132. The molecule has 0 amide bonds. The molecular formula is C10H22N2O. The highest BCUT2D eigenvalue weighted by atomic mass is 16.5. The summed E-state index contributed by atoms with van der Waals surface area (Å²) in [5.74, 6) is 0.986. The number of hydrogen-bond donors (Lipinski definition) is 2. The van der Waals surface area contributed by atoms with Crippen LogP contribution in [0.15, 0.2) is 0 Å². The minimum absolute atomic E-state index is 0.889. The summed E-state index contributed by atoms with van der Waals surface area (Å²) < 4.78 is 5.01. The van der Waals surface area contributed by atoms with Crippen LogP contribution in [-0.2, 0) is 4.74 Å². The summed E-state index contributed by atoms with van der Waals surface area (Å²) in [5.41, 5.74) is 0. The van der Waals surface area contributed by atoms with Gasteiger partial charge >= 0.3 is 0 Å². The molecule has 0 bridgehead atoms. The topological polar surface area (TPSA) is 33.3 Å². The summed E-state index contributed by atoms with van der Waals surface area (Å²) in [6, 6.07) is 0. The van der Waals surface area contributed by atoms with E-state index in [0.29, 0.717) is 0 Å². The molecule has 2 heterocycles. The highest BCUT2D eigenvalue weighted by Crippen LogP contribution is 2.09. The molecule has 2 saturated heterocycles. The van der Waals surface area contributed by atoms with E-state index in [9.17, 15) is 0 Å². The first-order valence-corrected chi connectivity index (χ1v) is 5.42. The molecule has 2 rings (SSSR count). The molecule has 2 aliphatic rings. The smallest absolute Gasteiger partial charge is 0.0591 e. The van der Waals surface area contributed by atoms with E-state index in [0.717, 1.165) is 32.2 Å². The summed E-state index contributed by atoms with van der Waals surface area (Å²) in [4.78, 5) is 0. The van der Waals surface area contributed by atoms with Crippen LogP contribution in [0.4, 0.5) is 0 Å². The van der Waals surface area contributed by atoms with Crippen molar-refractivity contribution in [1.82, 2.24) is 10.6 Å². The molecule has 13 heavy (non-hydrogen) atoms. The lowest BCUT2D eigenvalue weighted by molar-refractivity contribution is 0.109. The van der Waals surface area contributed by atoms with Crippen molar-refractivity contribution in [2.24, 2.45) is 5.92 Å². The van der Waals surface area contributed by atoms with Gasteiger partial charge in [-0.3, -0.25) is 0 Å². The predicted octanol–water partition coefficient (Wildman–Crippen LogP) is 0.612. The van der Waals surface area contributed by atoms with Gasteiger partial charge in [0.1, 0.15) is 0 Å². The zero-order chi connectivity index (χ0) is 9.36. The van der Waals surface area contributed by atoms with Gasteiger partial charge < -0.3 is 15.4 Å². The maximum atomic E-state index is 5.01. The lowest BCUT2D eigenvalue weighted by Crippen LogP contribution is -2.30. The second kappa shape index (κ2) is 7.30. The van der Waals surface area contributed by atoms with Crippen LogP contribution in [0.1, 0.15) is 19.8 Å². The fourth-order valence-electron chi connectivity index (χ4n) is 1.58. The lowest BCUT2D eigenvalue weighted by atomic mass is 10.1. The first-order valence-electron chi connectivity index (χ1n) is 5.42. The van der Waals surface area contributed by atoms with Gasteiger partial charge in [0.25, 0.3) is 0 Å². The van der Waals surface area contributed by atoms with Crippen molar-refractivity contribution >= 4 is 0 Å². The molecule has 0 aromatic rings. The number of nitrogens with one attached hydrogen (secondary N) is 2. The van der Waals surface area contributed by atoms with Crippen molar-refractivity contribution in [1.29, 1.82) is 0 Å². The predicted molar refractivity (Wildman–Crippen MR) is 55.0 cm³/mol. The number of ether oxygens (including phenoxy) is 1. The Labute approximate surface area is 81.2 Å². The van der Waals surface area contributed by atoms with Crippen LogP contribution in [-0.4, -0.2) is 39.4 Å². The highest BCUT2D eigenvalue weighted by molar-refractivity contribution is 4.68. The third-order valence-corrected chi connectivity index (χ3v) is 2.59. The maximum Gasteiger partial charge on any atom is 0.0591 e. The fourth-order valence-corrected chi connectivity index (χ4v) is 1.58. The standard InChI is InChI=1S/C6H13N.C4H9NO/c1-2-6-3-4-7-5-6;1-3-6-4-2-5-1/h6-7H,2-5H2,1H3;5H,1-4H2/t6-;/m1./s1. The highest BCUT2D eigenvalue weighted by Gasteiger charge is 2.10. The van der Waals surface area contributed by atoms with Crippen molar-refractivity contribution < 1.29 is 4.74 Å².